The van der Waals surface area contributed by atoms with Crippen LogP contribution in [-0.4, -0.2) is 15.6 Å². The Morgan fingerprint density at radius 3 is 2.55 bits per heavy atom. The molecule has 2 heterocycles. The lowest BCUT2D eigenvalue weighted by Crippen LogP contribution is -2.33. The van der Waals surface area contributed by atoms with Crippen molar-refractivity contribution in [2.75, 3.05) is 0 Å². The molecule has 0 aliphatic carbocycles. The summed E-state index contributed by atoms with van der Waals surface area (Å²) in [6.07, 6.45) is 0.209. The third-order valence-electron chi connectivity index (χ3n) is 6.22. The van der Waals surface area contributed by atoms with Crippen molar-refractivity contribution >= 4 is 33.8 Å². The molecule has 0 bridgehead atoms. The van der Waals surface area contributed by atoms with Crippen LogP contribution in [0.25, 0.3) is 10.8 Å². The number of nitro groups is 1. The number of hydrogen-bond acceptors (Lipinski definition) is 5. The Labute approximate surface area is 194 Å². The van der Waals surface area contributed by atoms with Gasteiger partial charge in [0.05, 0.1) is 16.7 Å². The van der Waals surface area contributed by atoms with Crippen LogP contribution in [-0.2, 0) is 0 Å². The second-order valence-corrected chi connectivity index (χ2v) is 8.65. The summed E-state index contributed by atoms with van der Waals surface area (Å²) in [4.78, 5) is 10.7. The zero-order valence-corrected chi connectivity index (χ0v) is 18.1. The van der Waals surface area contributed by atoms with E-state index in [9.17, 15) is 10.1 Å². The van der Waals surface area contributed by atoms with Gasteiger partial charge >= 0.3 is 0 Å². The van der Waals surface area contributed by atoms with Crippen LogP contribution in [0.2, 0.25) is 5.02 Å². The van der Waals surface area contributed by atoms with E-state index in [-0.39, 0.29) is 11.7 Å². The summed E-state index contributed by atoms with van der Waals surface area (Å²) in [5.41, 5.74) is 3.86. The molecule has 0 radical (unpaired) electrons. The number of hydrazone groups is 1. The maximum Gasteiger partial charge on any atom is 0.269 e. The normalized spacial score (nSPS) is 18.9. The maximum absolute atomic E-state index is 11.1. The van der Waals surface area contributed by atoms with Crippen LogP contribution in [0, 0.1) is 10.1 Å². The third-order valence-corrected chi connectivity index (χ3v) is 6.46. The molecule has 4 aromatic rings. The average molecular weight is 456 g/mol. The van der Waals surface area contributed by atoms with Crippen molar-refractivity contribution in [3.8, 4) is 5.75 Å². The fourth-order valence-electron chi connectivity index (χ4n) is 4.58. The quantitative estimate of drug-likeness (QED) is 0.256. The van der Waals surface area contributed by atoms with Gasteiger partial charge in [-0.2, -0.15) is 5.10 Å². The summed E-state index contributed by atoms with van der Waals surface area (Å²) in [6.45, 7) is 0. The highest BCUT2D eigenvalue weighted by Crippen LogP contribution is 2.48. The molecule has 0 saturated carbocycles. The zero-order valence-electron chi connectivity index (χ0n) is 17.4. The molecule has 4 aromatic carbocycles. The lowest BCUT2D eigenvalue weighted by molar-refractivity contribution is -0.384. The molecule has 0 fully saturated rings. The first kappa shape index (κ1) is 19.8. The van der Waals surface area contributed by atoms with Crippen LogP contribution in [0.4, 0.5) is 5.69 Å². The van der Waals surface area contributed by atoms with E-state index in [2.05, 4.69) is 30.3 Å². The van der Waals surface area contributed by atoms with E-state index in [4.69, 9.17) is 21.4 Å². The molecule has 33 heavy (non-hydrogen) atoms. The third kappa shape index (κ3) is 3.39. The Balaban J connectivity index is 1.43. The van der Waals surface area contributed by atoms with Crippen LogP contribution < -0.4 is 4.74 Å². The van der Waals surface area contributed by atoms with Crippen molar-refractivity contribution in [2.45, 2.75) is 18.7 Å². The molecule has 0 aromatic heterocycles. The largest absolute Gasteiger partial charge is 0.464 e. The van der Waals surface area contributed by atoms with E-state index >= 15 is 0 Å². The predicted octanol–water partition coefficient (Wildman–Crippen LogP) is 6.64. The zero-order chi connectivity index (χ0) is 22.5. The standard InChI is InChI=1S/C26H18ClN3O3/c27-20-9-12-25-22(14-20)24-15-23(19-6-5-16-3-1-2-4-18(16)13-19)28-29(24)26(33-25)17-7-10-21(11-8-17)30(31)32/h1-14,24,26H,15H2. The van der Waals surface area contributed by atoms with E-state index < -0.39 is 11.2 Å². The van der Waals surface area contributed by atoms with Crippen molar-refractivity contribution in [1.29, 1.82) is 0 Å². The number of ether oxygens (including phenoxy) is 1. The Morgan fingerprint density at radius 1 is 0.970 bits per heavy atom. The van der Waals surface area contributed by atoms with E-state index in [0.29, 0.717) is 11.4 Å². The Bertz CT molecular complexity index is 1430. The molecule has 0 amide bonds. The molecular formula is C26H18ClN3O3. The molecule has 6 rings (SSSR count). The van der Waals surface area contributed by atoms with Crippen molar-refractivity contribution in [1.82, 2.24) is 5.01 Å². The number of non-ortho nitro benzene ring substituents is 1. The molecular weight excluding hydrogens is 438 g/mol. The van der Waals surface area contributed by atoms with Crippen molar-refractivity contribution in [2.24, 2.45) is 5.10 Å². The number of halogens is 1. The fraction of sp³-hybridized carbons (Fsp3) is 0.115. The maximum atomic E-state index is 11.1. The number of fused-ring (bicyclic) bond motifs is 4. The Hall–Kier alpha value is -3.90. The molecule has 162 valence electrons. The number of nitrogens with zero attached hydrogens (tertiary/aromatic N) is 3. The first-order valence-corrected chi connectivity index (χ1v) is 11.0. The van der Waals surface area contributed by atoms with Crippen molar-refractivity contribution < 1.29 is 9.66 Å². The first-order valence-electron chi connectivity index (χ1n) is 10.6. The molecule has 2 unspecified atom stereocenters. The second-order valence-electron chi connectivity index (χ2n) is 8.21. The van der Waals surface area contributed by atoms with Gasteiger partial charge in [0.15, 0.2) is 0 Å². The van der Waals surface area contributed by atoms with Gasteiger partial charge in [0, 0.05) is 34.7 Å². The van der Waals surface area contributed by atoms with Crippen LogP contribution in [0.5, 0.6) is 5.75 Å². The van der Waals surface area contributed by atoms with Crippen molar-refractivity contribution in [3.63, 3.8) is 0 Å². The molecule has 2 aliphatic heterocycles. The molecule has 0 saturated heterocycles. The van der Waals surface area contributed by atoms with Gasteiger partial charge in [0.1, 0.15) is 5.75 Å². The molecule has 6 nitrogen and oxygen atoms in total. The van der Waals surface area contributed by atoms with Gasteiger partial charge in [0.25, 0.3) is 5.69 Å². The number of nitro benzene ring substituents is 1. The number of rotatable bonds is 3. The first-order chi connectivity index (χ1) is 16.1. The van der Waals surface area contributed by atoms with E-state index in [1.54, 1.807) is 12.1 Å². The molecule has 0 N–H and O–H groups in total. The lowest BCUT2D eigenvalue weighted by Gasteiger charge is -2.38. The summed E-state index contributed by atoms with van der Waals surface area (Å²) in [7, 11) is 0. The van der Waals surface area contributed by atoms with Crippen LogP contribution in [0.3, 0.4) is 0 Å². The Kier molecular flexibility index (Phi) is 4.55. The van der Waals surface area contributed by atoms with Gasteiger partial charge in [-0.25, -0.2) is 5.01 Å². The summed E-state index contributed by atoms with van der Waals surface area (Å²) in [5, 5.41) is 21.0. The van der Waals surface area contributed by atoms with Crippen LogP contribution in [0.15, 0.2) is 90.0 Å². The minimum atomic E-state index is -0.498. The summed E-state index contributed by atoms with van der Waals surface area (Å²) >= 11 is 6.31. The Morgan fingerprint density at radius 2 is 1.76 bits per heavy atom. The van der Waals surface area contributed by atoms with Crippen LogP contribution >= 0.6 is 11.6 Å². The van der Waals surface area contributed by atoms with Crippen LogP contribution in [0.1, 0.15) is 35.4 Å². The molecule has 0 spiro atoms. The predicted molar refractivity (Wildman–Crippen MR) is 128 cm³/mol. The minimum absolute atomic E-state index is 0.0417. The highest BCUT2D eigenvalue weighted by atomic mass is 35.5. The minimum Gasteiger partial charge on any atom is -0.464 e. The topological polar surface area (TPSA) is 68.0 Å². The summed E-state index contributed by atoms with van der Waals surface area (Å²) in [5.74, 6) is 0.749. The van der Waals surface area contributed by atoms with Gasteiger partial charge in [0.2, 0.25) is 6.23 Å². The van der Waals surface area contributed by atoms with Gasteiger partial charge in [-0.15, -0.1) is 0 Å². The number of benzene rings is 4. The number of hydrogen-bond donors (Lipinski definition) is 0. The summed E-state index contributed by atoms with van der Waals surface area (Å²) in [6, 6.07) is 26.6. The SMILES string of the molecule is O=[N+]([O-])c1ccc(C2Oc3ccc(Cl)cc3C3CC(c4ccc5ccccc5c4)=NN32)cc1. The van der Waals surface area contributed by atoms with Gasteiger partial charge in [-0.3, -0.25) is 10.1 Å². The highest BCUT2D eigenvalue weighted by Gasteiger charge is 2.41. The van der Waals surface area contributed by atoms with Gasteiger partial charge < -0.3 is 4.74 Å². The molecule has 2 atom stereocenters. The average Bonchev–Trinajstić information content (AvgIpc) is 3.29. The van der Waals surface area contributed by atoms with E-state index in [1.165, 1.54) is 17.5 Å². The van der Waals surface area contributed by atoms with Crippen molar-refractivity contribution in [3.05, 3.63) is 117 Å². The monoisotopic (exact) mass is 455 g/mol. The fourth-order valence-corrected chi connectivity index (χ4v) is 4.76. The second kappa shape index (κ2) is 7.60. The summed E-state index contributed by atoms with van der Waals surface area (Å²) < 4.78 is 6.33. The molecule has 7 heteroatoms. The van der Waals surface area contributed by atoms with E-state index in [1.807, 2.05) is 35.3 Å². The van der Waals surface area contributed by atoms with E-state index in [0.717, 1.165) is 33.5 Å². The highest BCUT2D eigenvalue weighted by molar-refractivity contribution is 6.30. The smallest absolute Gasteiger partial charge is 0.269 e. The lowest BCUT2D eigenvalue weighted by atomic mass is 9.95. The van der Waals surface area contributed by atoms with Gasteiger partial charge in [-0.05, 0) is 52.7 Å². The molecule has 2 aliphatic rings. The van der Waals surface area contributed by atoms with Gasteiger partial charge in [-0.1, -0.05) is 48.0 Å².